The molecular weight excluding hydrogens is 406 g/mol. The number of nitrogens with zero attached hydrogens (tertiary/aromatic N) is 1. The van der Waals surface area contributed by atoms with Crippen molar-refractivity contribution in [2.75, 3.05) is 25.6 Å². The standard InChI is InChI=1S/C30H37NO2/c1-19-14-16-33-30(19)15-13-27-25-11-7-21-17-23(32)10-12-24(21)28(25)26(18-29(27,30)2)20-5-8-22(9-6-20)31(3)4/h5-6,8-9,17,25-27H,1,7,10-16,18H2,2-4H3/t25-,26+,27-,29-,30-/m0/s1. The molecule has 0 unspecified atom stereocenters. The van der Waals surface area contributed by atoms with Gasteiger partial charge in [-0.15, -0.1) is 0 Å². The van der Waals surface area contributed by atoms with Gasteiger partial charge < -0.3 is 9.64 Å². The largest absolute Gasteiger partial charge is 0.378 e. The summed E-state index contributed by atoms with van der Waals surface area (Å²) in [6.07, 6.45) is 10.3. The van der Waals surface area contributed by atoms with Gasteiger partial charge in [0.25, 0.3) is 0 Å². The lowest BCUT2D eigenvalue weighted by atomic mass is 9.50. The Morgan fingerprint density at radius 2 is 1.85 bits per heavy atom. The Bertz CT molecular complexity index is 1080. The van der Waals surface area contributed by atoms with E-state index in [1.807, 2.05) is 6.08 Å². The Kier molecular flexibility index (Phi) is 4.82. The normalized spacial score (nSPS) is 37.7. The SMILES string of the molecule is C=C1CCO[C@@]12CC[C@H]1[C@@H]3CCC4=CC(=O)CCC4=C3[C@@H](c3ccc(N(C)C)cc3)C[C@@]12C. The predicted octanol–water partition coefficient (Wildman–Crippen LogP) is 6.37. The summed E-state index contributed by atoms with van der Waals surface area (Å²) in [5, 5.41) is 0. The van der Waals surface area contributed by atoms with Crippen LogP contribution in [-0.4, -0.2) is 32.1 Å². The minimum atomic E-state index is -0.145. The topological polar surface area (TPSA) is 29.5 Å². The average molecular weight is 444 g/mol. The summed E-state index contributed by atoms with van der Waals surface area (Å²) in [6, 6.07) is 9.24. The van der Waals surface area contributed by atoms with Crippen LogP contribution in [0.4, 0.5) is 5.69 Å². The summed E-state index contributed by atoms with van der Waals surface area (Å²) in [5.74, 6) is 1.95. The number of anilines is 1. The number of fused-ring (bicyclic) bond motifs is 5. The van der Waals surface area contributed by atoms with Gasteiger partial charge in [0.15, 0.2) is 5.78 Å². The summed E-state index contributed by atoms with van der Waals surface area (Å²) in [7, 11) is 4.20. The minimum absolute atomic E-state index is 0.117. The van der Waals surface area contributed by atoms with E-state index in [1.54, 1.807) is 5.57 Å². The van der Waals surface area contributed by atoms with E-state index in [-0.39, 0.29) is 11.0 Å². The van der Waals surface area contributed by atoms with E-state index in [1.165, 1.54) is 40.8 Å². The first-order valence-electron chi connectivity index (χ1n) is 12.9. The highest BCUT2D eigenvalue weighted by molar-refractivity contribution is 5.93. The molecule has 1 spiro atoms. The molecule has 174 valence electrons. The second-order valence-corrected chi connectivity index (χ2v) is 11.5. The highest BCUT2D eigenvalue weighted by atomic mass is 16.5. The Morgan fingerprint density at radius 3 is 2.55 bits per heavy atom. The lowest BCUT2D eigenvalue weighted by Gasteiger charge is -2.55. The van der Waals surface area contributed by atoms with Crippen LogP contribution in [0.2, 0.25) is 0 Å². The molecule has 1 saturated heterocycles. The molecule has 3 fully saturated rings. The molecule has 5 atom stereocenters. The molecule has 4 aliphatic carbocycles. The first-order valence-corrected chi connectivity index (χ1v) is 12.9. The van der Waals surface area contributed by atoms with Crippen molar-refractivity contribution in [3.05, 3.63) is 64.8 Å². The summed E-state index contributed by atoms with van der Waals surface area (Å²) in [4.78, 5) is 14.4. The van der Waals surface area contributed by atoms with E-state index in [9.17, 15) is 4.79 Å². The molecule has 0 radical (unpaired) electrons. The molecule has 3 heteroatoms. The maximum absolute atomic E-state index is 12.2. The van der Waals surface area contributed by atoms with Crippen molar-refractivity contribution in [2.24, 2.45) is 17.3 Å². The van der Waals surface area contributed by atoms with Gasteiger partial charge in [0.2, 0.25) is 0 Å². The Labute approximate surface area is 198 Å². The molecule has 1 aromatic carbocycles. The van der Waals surface area contributed by atoms with Crippen molar-refractivity contribution >= 4 is 11.5 Å². The van der Waals surface area contributed by atoms with Gasteiger partial charge in [0.1, 0.15) is 0 Å². The van der Waals surface area contributed by atoms with Crippen molar-refractivity contribution < 1.29 is 9.53 Å². The third-order valence-electron chi connectivity index (χ3n) is 9.99. The Morgan fingerprint density at radius 1 is 1.06 bits per heavy atom. The maximum atomic E-state index is 12.2. The van der Waals surface area contributed by atoms with Gasteiger partial charge in [-0.2, -0.15) is 0 Å². The maximum Gasteiger partial charge on any atom is 0.156 e. The van der Waals surface area contributed by atoms with E-state index >= 15 is 0 Å². The van der Waals surface area contributed by atoms with Crippen LogP contribution in [-0.2, 0) is 9.53 Å². The fourth-order valence-corrected chi connectivity index (χ4v) is 8.42. The number of rotatable bonds is 2. The van der Waals surface area contributed by atoms with E-state index in [0.29, 0.717) is 30.0 Å². The third kappa shape index (κ3) is 2.94. The molecule has 0 amide bonds. The summed E-state index contributed by atoms with van der Waals surface area (Å²) in [5.41, 5.74) is 8.51. The molecule has 2 saturated carbocycles. The number of allylic oxidation sites excluding steroid dienone is 4. The van der Waals surface area contributed by atoms with Crippen LogP contribution >= 0.6 is 0 Å². The molecule has 0 bridgehead atoms. The molecule has 6 rings (SSSR count). The number of hydrogen-bond acceptors (Lipinski definition) is 3. The second kappa shape index (κ2) is 7.43. The molecule has 0 aromatic heterocycles. The van der Waals surface area contributed by atoms with Crippen LogP contribution in [0.25, 0.3) is 0 Å². The number of carbonyl (C=O) groups excluding carboxylic acids is 1. The zero-order valence-electron chi connectivity index (χ0n) is 20.5. The van der Waals surface area contributed by atoms with E-state index in [0.717, 1.165) is 38.7 Å². The van der Waals surface area contributed by atoms with Crippen LogP contribution in [0.1, 0.15) is 69.8 Å². The molecule has 1 heterocycles. The predicted molar refractivity (Wildman–Crippen MR) is 133 cm³/mol. The smallest absolute Gasteiger partial charge is 0.156 e. The number of ether oxygens (including phenoxy) is 1. The van der Waals surface area contributed by atoms with E-state index < -0.39 is 0 Å². The summed E-state index contributed by atoms with van der Waals surface area (Å²) < 4.78 is 6.64. The molecule has 3 nitrogen and oxygen atoms in total. The van der Waals surface area contributed by atoms with Gasteiger partial charge in [-0.3, -0.25) is 4.79 Å². The fraction of sp³-hybridized carbons (Fsp3) is 0.567. The lowest BCUT2D eigenvalue weighted by Crippen LogP contribution is -2.52. The van der Waals surface area contributed by atoms with Crippen LogP contribution < -0.4 is 4.90 Å². The fourth-order valence-electron chi connectivity index (χ4n) is 8.42. The highest BCUT2D eigenvalue weighted by Crippen LogP contribution is 2.70. The van der Waals surface area contributed by atoms with E-state index in [4.69, 9.17) is 4.74 Å². The van der Waals surface area contributed by atoms with Crippen molar-refractivity contribution in [3.63, 3.8) is 0 Å². The minimum Gasteiger partial charge on any atom is -0.378 e. The van der Waals surface area contributed by atoms with Gasteiger partial charge in [-0.05, 0) is 97.3 Å². The van der Waals surface area contributed by atoms with Crippen LogP contribution in [0, 0.1) is 17.3 Å². The molecule has 1 aromatic rings. The zero-order chi connectivity index (χ0) is 23.0. The number of ketones is 1. The van der Waals surface area contributed by atoms with Gasteiger partial charge in [-0.1, -0.05) is 31.2 Å². The van der Waals surface area contributed by atoms with Crippen LogP contribution in [0.5, 0.6) is 0 Å². The zero-order valence-corrected chi connectivity index (χ0v) is 20.5. The molecule has 33 heavy (non-hydrogen) atoms. The molecule has 5 aliphatic rings. The Balaban J connectivity index is 1.51. The first-order chi connectivity index (χ1) is 15.8. The monoisotopic (exact) mass is 443 g/mol. The third-order valence-corrected chi connectivity index (χ3v) is 9.99. The van der Waals surface area contributed by atoms with Crippen molar-refractivity contribution in [2.45, 2.75) is 69.8 Å². The van der Waals surface area contributed by atoms with Gasteiger partial charge >= 0.3 is 0 Å². The van der Waals surface area contributed by atoms with Crippen LogP contribution in [0.3, 0.4) is 0 Å². The highest BCUT2D eigenvalue weighted by Gasteiger charge is 2.65. The number of hydrogen-bond donors (Lipinski definition) is 0. The average Bonchev–Trinajstić information content (AvgIpc) is 3.33. The first kappa shape index (κ1) is 21.4. The second-order valence-electron chi connectivity index (χ2n) is 11.5. The van der Waals surface area contributed by atoms with E-state index in [2.05, 4.69) is 56.8 Å². The van der Waals surface area contributed by atoms with Crippen molar-refractivity contribution in [3.8, 4) is 0 Å². The lowest BCUT2D eigenvalue weighted by molar-refractivity contribution is -0.114. The summed E-state index contributed by atoms with van der Waals surface area (Å²) in [6.45, 7) is 7.90. The van der Waals surface area contributed by atoms with Crippen molar-refractivity contribution in [1.82, 2.24) is 0 Å². The quantitative estimate of drug-likeness (QED) is 0.498. The summed E-state index contributed by atoms with van der Waals surface area (Å²) >= 11 is 0. The van der Waals surface area contributed by atoms with Gasteiger partial charge in [0.05, 0.1) is 12.2 Å². The Hall–Kier alpha value is -2.13. The van der Waals surface area contributed by atoms with Gasteiger partial charge in [0, 0.05) is 37.5 Å². The molecular formula is C30H37NO2. The number of benzene rings is 1. The molecule has 0 N–H and O–H groups in total. The van der Waals surface area contributed by atoms with Gasteiger partial charge in [-0.25, -0.2) is 0 Å². The number of carbonyl (C=O) groups is 1. The van der Waals surface area contributed by atoms with Crippen LogP contribution in [0.15, 0.2) is 59.2 Å². The van der Waals surface area contributed by atoms with Crippen molar-refractivity contribution in [1.29, 1.82) is 0 Å². The molecule has 1 aliphatic heterocycles.